The Morgan fingerprint density at radius 3 is 2.54 bits per heavy atom. The van der Waals surface area contributed by atoms with Gasteiger partial charge in [-0.3, -0.25) is 9.59 Å². The van der Waals surface area contributed by atoms with E-state index in [1.165, 1.54) is 0 Å². The lowest BCUT2D eigenvalue weighted by atomic mass is 10.1. The normalized spacial score (nSPS) is 10.4. The number of hydrogen-bond donors (Lipinski definition) is 2. The predicted molar refractivity (Wildman–Crippen MR) is 108 cm³/mol. The summed E-state index contributed by atoms with van der Waals surface area (Å²) in [4.78, 5) is 24.7. The van der Waals surface area contributed by atoms with Gasteiger partial charge < -0.3 is 15.1 Å². The van der Waals surface area contributed by atoms with Crippen molar-refractivity contribution in [2.45, 2.75) is 13.5 Å². The van der Waals surface area contributed by atoms with Crippen LogP contribution in [0.25, 0.3) is 0 Å². The molecular formula is C20H17IN2O3. The van der Waals surface area contributed by atoms with Crippen molar-refractivity contribution in [2.75, 3.05) is 5.32 Å². The van der Waals surface area contributed by atoms with E-state index in [0.29, 0.717) is 29.1 Å². The molecule has 6 heteroatoms. The third-order valence-corrected chi connectivity index (χ3v) is 4.98. The quantitative estimate of drug-likeness (QED) is 0.556. The van der Waals surface area contributed by atoms with Gasteiger partial charge in [-0.25, -0.2) is 0 Å². The Kier molecular flexibility index (Phi) is 5.72. The lowest BCUT2D eigenvalue weighted by Crippen LogP contribution is -2.22. The number of halogens is 1. The summed E-state index contributed by atoms with van der Waals surface area (Å²) in [5, 5.41) is 5.61. The maximum absolute atomic E-state index is 12.4. The molecule has 26 heavy (non-hydrogen) atoms. The molecule has 0 saturated heterocycles. The van der Waals surface area contributed by atoms with Crippen molar-refractivity contribution in [3.8, 4) is 0 Å². The summed E-state index contributed by atoms with van der Waals surface area (Å²) in [7, 11) is 0. The van der Waals surface area contributed by atoms with Crippen molar-refractivity contribution in [1.29, 1.82) is 0 Å². The third-order valence-electron chi connectivity index (χ3n) is 3.82. The number of rotatable bonds is 5. The molecule has 2 aromatic carbocycles. The molecule has 3 rings (SSSR count). The van der Waals surface area contributed by atoms with Crippen LogP contribution in [0.15, 0.2) is 65.3 Å². The van der Waals surface area contributed by atoms with Gasteiger partial charge in [0.1, 0.15) is 5.76 Å². The zero-order valence-corrected chi connectivity index (χ0v) is 16.2. The van der Waals surface area contributed by atoms with E-state index in [0.717, 1.165) is 9.13 Å². The Balaban J connectivity index is 1.67. The van der Waals surface area contributed by atoms with Gasteiger partial charge in [0.2, 0.25) is 0 Å². The van der Waals surface area contributed by atoms with E-state index in [-0.39, 0.29) is 11.8 Å². The molecule has 0 aliphatic heterocycles. The summed E-state index contributed by atoms with van der Waals surface area (Å²) in [6.07, 6.45) is 1.56. The van der Waals surface area contributed by atoms with E-state index < -0.39 is 0 Å². The molecular weight excluding hydrogens is 443 g/mol. The van der Waals surface area contributed by atoms with E-state index >= 15 is 0 Å². The highest BCUT2D eigenvalue weighted by molar-refractivity contribution is 14.1. The van der Waals surface area contributed by atoms with E-state index in [2.05, 4.69) is 33.2 Å². The number of carbonyl (C=O) groups excluding carboxylic acids is 2. The Hall–Kier alpha value is -2.61. The van der Waals surface area contributed by atoms with Gasteiger partial charge in [-0.05, 0) is 77.5 Å². The minimum absolute atomic E-state index is 0.212. The van der Waals surface area contributed by atoms with Crippen LogP contribution in [-0.2, 0) is 6.54 Å². The number of carbonyl (C=O) groups is 2. The molecule has 2 N–H and O–H groups in total. The number of anilines is 1. The molecule has 3 aromatic rings. The van der Waals surface area contributed by atoms with Crippen LogP contribution in [0, 0.1) is 10.5 Å². The second-order valence-corrected chi connectivity index (χ2v) is 6.92. The highest BCUT2D eigenvalue weighted by Gasteiger charge is 2.10. The van der Waals surface area contributed by atoms with Gasteiger partial charge in [0.15, 0.2) is 0 Å². The van der Waals surface area contributed by atoms with Gasteiger partial charge in [0.05, 0.1) is 12.8 Å². The maximum atomic E-state index is 12.4. The summed E-state index contributed by atoms with van der Waals surface area (Å²) in [6, 6.07) is 15.9. The van der Waals surface area contributed by atoms with E-state index in [1.54, 1.807) is 48.7 Å². The fourth-order valence-electron chi connectivity index (χ4n) is 2.36. The number of nitrogens with one attached hydrogen (secondary N) is 2. The second kappa shape index (κ2) is 8.18. The molecule has 0 unspecified atom stereocenters. The molecule has 0 saturated carbocycles. The van der Waals surface area contributed by atoms with Crippen molar-refractivity contribution in [3.05, 3.63) is 86.9 Å². The molecule has 0 aliphatic carbocycles. The number of benzene rings is 2. The average Bonchev–Trinajstić information content (AvgIpc) is 3.15. The first kappa shape index (κ1) is 18.2. The summed E-state index contributed by atoms with van der Waals surface area (Å²) < 4.78 is 6.22. The van der Waals surface area contributed by atoms with Crippen LogP contribution in [0.3, 0.4) is 0 Å². The third kappa shape index (κ3) is 4.51. The molecule has 2 amide bonds. The van der Waals surface area contributed by atoms with Gasteiger partial charge in [-0.1, -0.05) is 12.1 Å². The smallest absolute Gasteiger partial charge is 0.255 e. The highest BCUT2D eigenvalue weighted by Crippen LogP contribution is 2.16. The van der Waals surface area contributed by atoms with Crippen molar-refractivity contribution in [1.82, 2.24) is 5.32 Å². The summed E-state index contributed by atoms with van der Waals surface area (Å²) in [6.45, 7) is 2.30. The fraction of sp³-hybridized carbons (Fsp3) is 0.100. The molecule has 1 heterocycles. The minimum atomic E-state index is -0.234. The number of furan rings is 1. The standard InChI is InChI=1S/C20H17IN2O3/c1-13-7-8-15(11-18(13)21)20(25)23-16-5-2-4-14(10-16)19(24)22-12-17-6-3-9-26-17/h2-11H,12H2,1H3,(H,22,24)(H,23,25). The topological polar surface area (TPSA) is 71.3 Å². The molecule has 0 radical (unpaired) electrons. The largest absolute Gasteiger partial charge is 0.467 e. The van der Waals surface area contributed by atoms with Crippen LogP contribution in [0.2, 0.25) is 0 Å². The van der Waals surface area contributed by atoms with Gasteiger partial charge in [0.25, 0.3) is 11.8 Å². The Bertz CT molecular complexity index is 936. The first-order chi connectivity index (χ1) is 12.5. The van der Waals surface area contributed by atoms with Crippen LogP contribution < -0.4 is 10.6 Å². The SMILES string of the molecule is Cc1ccc(C(=O)Nc2cccc(C(=O)NCc3ccco3)c2)cc1I. The van der Waals surface area contributed by atoms with Gasteiger partial charge in [-0.15, -0.1) is 0 Å². The summed E-state index contributed by atoms with van der Waals surface area (Å²) >= 11 is 2.20. The lowest BCUT2D eigenvalue weighted by molar-refractivity contribution is 0.0946. The zero-order chi connectivity index (χ0) is 18.5. The van der Waals surface area contributed by atoms with E-state index in [4.69, 9.17) is 4.42 Å². The first-order valence-electron chi connectivity index (χ1n) is 8.01. The molecule has 0 atom stereocenters. The minimum Gasteiger partial charge on any atom is -0.467 e. The predicted octanol–water partition coefficient (Wildman–Crippen LogP) is 4.37. The molecule has 0 fully saturated rings. The van der Waals surface area contributed by atoms with Crippen molar-refractivity contribution in [3.63, 3.8) is 0 Å². The monoisotopic (exact) mass is 460 g/mol. The molecule has 0 bridgehead atoms. The van der Waals surface area contributed by atoms with Gasteiger partial charge in [0, 0.05) is 20.4 Å². The summed E-state index contributed by atoms with van der Waals surface area (Å²) in [5.41, 5.74) is 2.73. The van der Waals surface area contributed by atoms with Crippen LogP contribution in [0.5, 0.6) is 0 Å². The maximum Gasteiger partial charge on any atom is 0.255 e. The first-order valence-corrected chi connectivity index (χ1v) is 9.09. The van der Waals surface area contributed by atoms with Crippen LogP contribution >= 0.6 is 22.6 Å². The Labute approximate surface area is 164 Å². The van der Waals surface area contributed by atoms with Crippen molar-refractivity contribution < 1.29 is 14.0 Å². The van der Waals surface area contributed by atoms with Crippen molar-refractivity contribution >= 4 is 40.1 Å². The second-order valence-electron chi connectivity index (χ2n) is 5.76. The van der Waals surface area contributed by atoms with Crippen LogP contribution in [0.4, 0.5) is 5.69 Å². The molecule has 132 valence electrons. The van der Waals surface area contributed by atoms with Gasteiger partial charge in [-0.2, -0.15) is 0 Å². The summed E-state index contributed by atoms with van der Waals surface area (Å²) in [5.74, 6) is 0.232. The zero-order valence-electron chi connectivity index (χ0n) is 14.1. The number of aryl methyl sites for hydroxylation is 1. The Morgan fingerprint density at radius 2 is 1.81 bits per heavy atom. The molecule has 0 spiro atoms. The fourth-order valence-corrected chi connectivity index (χ4v) is 2.87. The molecule has 5 nitrogen and oxygen atoms in total. The van der Waals surface area contributed by atoms with Gasteiger partial charge >= 0.3 is 0 Å². The highest BCUT2D eigenvalue weighted by atomic mass is 127. The number of hydrogen-bond acceptors (Lipinski definition) is 3. The van der Waals surface area contributed by atoms with E-state index in [9.17, 15) is 9.59 Å². The molecule has 0 aliphatic rings. The average molecular weight is 460 g/mol. The van der Waals surface area contributed by atoms with Crippen LogP contribution in [-0.4, -0.2) is 11.8 Å². The van der Waals surface area contributed by atoms with Crippen LogP contribution in [0.1, 0.15) is 32.0 Å². The lowest BCUT2D eigenvalue weighted by Gasteiger charge is -2.09. The van der Waals surface area contributed by atoms with Crippen molar-refractivity contribution in [2.24, 2.45) is 0 Å². The number of amides is 2. The van der Waals surface area contributed by atoms with E-state index in [1.807, 2.05) is 19.1 Å². The Morgan fingerprint density at radius 1 is 1.00 bits per heavy atom. The molecule has 1 aromatic heterocycles.